The number of nitrogens with zero attached hydrogens (tertiary/aromatic N) is 2. The Morgan fingerprint density at radius 3 is 2.73 bits per heavy atom. The molecule has 0 radical (unpaired) electrons. The maximum absolute atomic E-state index is 12.4. The number of rotatable bonds is 3. The fourth-order valence-electron chi connectivity index (χ4n) is 4.39. The van der Waals surface area contributed by atoms with E-state index in [9.17, 15) is 4.79 Å². The summed E-state index contributed by atoms with van der Waals surface area (Å²) in [6.45, 7) is 2.27. The van der Waals surface area contributed by atoms with Crippen LogP contribution in [0.15, 0.2) is 41.5 Å². The van der Waals surface area contributed by atoms with Crippen molar-refractivity contribution < 1.29 is 0 Å². The Morgan fingerprint density at radius 1 is 1.15 bits per heavy atom. The number of hydrogen-bond acceptors (Lipinski definition) is 3. The van der Waals surface area contributed by atoms with Crippen LogP contribution in [0.1, 0.15) is 19.3 Å². The minimum Gasteiger partial charge on any atom is -0.388 e. The summed E-state index contributed by atoms with van der Waals surface area (Å²) < 4.78 is 1.68. The quantitative estimate of drug-likeness (QED) is 0.761. The number of aromatic nitrogens is 2. The van der Waals surface area contributed by atoms with Gasteiger partial charge in [0.25, 0.3) is 5.56 Å². The van der Waals surface area contributed by atoms with Crippen molar-refractivity contribution in [1.29, 1.82) is 0 Å². The number of aryl methyl sites for hydroxylation is 1. The second-order valence-electron chi connectivity index (χ2n) is 7.88. The molecule has 2 aliphatic rings. The molecule has 2 aromatic heterocycles. The van der Waals surface area contributed by atoms with Crippen molar-refractivity contribution in [3.05, 3.63) is 47.0 Å². The molecule has 2 N–H and O–H groups in total. The van der Waals surface area contributed by atoms with E-state index in [0.717, 1.165) is 29.7 Å². The van der Waals surface area contributed by atoms with Crippen LogP contribution in [0.3, 0.4) is 0 Å². The van der Waals surface area contributed by atoms with Gasteiger partial charge in [0.1, 0.15) is 5.52 Å². The molecule has 5 nitrogen and oxygen atoms in total. The van der Waals surface area contributed by atoms with Crippen molar-refractivity contribution in [2.75, 3.05) is 30.4 Å². The molecule has 26 heavy (non-hydrogen) atoms. The van der Waals surface area contributed by atoms with Crippen LogP contribution in [0, 0.1) is 5.41 Å². The monoisotopic (exact) mass is 348 g/mol. The lowest BCUT2D eigenvalue weighted by molar-refractivity contribution is 0.581. The molecule has 0 atom stereocenters. The van der Waals surface area contributed by atoms with Gasteiger partial charge in [0.2, 0.25) is 0 Å². The van der Waals surface area contributed by atoms with Crippen molar-refractivity contribution >= 4 is 22.3 Å². The van der Waals surface area contributed by atoms with Crippen LogP contribution in [-0.4, -0.2) is 29.7 Å². The first-order valence-electron chi connectivity index (χ1n) is 9.34. The number of aromatic amines is 1. The van der Waals surface area contributed by atoms with E-state index in [4.69, 9.17) is 0 Å². The average Bonchev–Trinajstić information content (AvgIpc) is 3.06. The van der Waals surface area contributed by atoms with E-state index in [2.05, 4.69) is 33.4 Å². The molecule has 3 heterocycles. The predicted octanol–water partition coefficient (Wildman–Crippen LogP) is 3.57. The van der Waals surface area contributed by atoms with E-state index in [1.54, 1.807) is 4.57 Å². The fourth-order valence-corrected chi connectivity index (χ4v) is 4.39. The van der Waals surface area contributed by atoms with Gasteiger partial charge in [-0.15, -0.1) is 0 Å². The lowest BCUT2D eigenvalue weighted by Gasteiger charge is -2.23. The summed E-state index contributed by atoms with van der Waals surface area (Å²) in [5.41, 5.74) is 5.91. The standard InChI is InChI=1S/C21H24N4O/c1-22-14-3-4-18(25-10-8-21(13-25)6-7-21)16(11-14)17-12-24(2)20(26)19-15(17)5-9-23-19/h3-5,9,11-12,22-23H,6-8,10,13H2,1-2H3. The fraction of sp³-hybridized carbons (Fsp3) is 0.381. The highest BCUT2D eigenvalue weighted by Gasteiger charge is 2.48. The minimum absolute atomic E-state index is 0.0122. The lowest BCUT2D eigenvalue weighted by Crippen LogP contribution is -2.21. The van der Waals surface area contributed by atoms with Crippen LogP contribution in [0.5, 0.6) is 0 Å². The predicted molar refractivity (Wildman–Crippen MR) is 107 cm³/mol. The molecule has 1 saturated heterocycles. The lowest BCUT2D eigenvalue weighted by atomic mass is 10.00. The van der Waals surface area contributed by atoms with Crippen molar-refractivity contribution in [3.63, 3.8) is 0 Å². The number of hydrogen-bond donors (Lipinski definition) is 2. The van der Waals surface area contributed by atoms with Gasteiger partial charge < -0.3 is 19.8 Å². The molecule has 1 spiro atoms. The van der Waals surface area contributed by atoms with Crippen LogP contribution < -0.4 is 15.8 Å². The molecule has 1 aliphatic heterocycles. The molecular formula is C21H24N4O. The highest BCUT2D eigenvalue weighted by Crippen LogP contribution is 2.54. The van der Waals surface area contributed by atoms with Gasteiger partial charge in [0.05, 0.1) is 0 Å². The Hall–Kier alpha value is -2.69. The summed E-state index contributed by atoms with van der Waals surface area (Å²) >= 11 is 0. The van der Waals surface area contributed by atoms with E-state index >= 15 is 0 Å². The summed E-state index contributed by atoms with van der Waals surface area (Å²) in [7, 11) is 3.77. The van der Waals surface area contributed by atoms with Crippen LogP contribution in [0.4, 0.5) is 11.4 Å². The Labute approximate surface area is 152 Å². The molecule has 0 unspecified atom stereocenters. The molecule has 3 aromatic rings. The first kappa shape index (κ1) is 15.6. The molecule has 1 saturated carbocycles. The number of fused-ring (bicyclic) bond motifs is 1. The maximum Gasteiger partial charge on any atom is 0.274 e. The van der Waals surface area contributed by atoms with E-state index in [-0.39, 0.29) is 5.56 Å². The second-order valence-corrected chi connectivity index (χ2v) is 7.88. The van der Waals surface area contributed by atoms with E-state index < -0.39 is 0 Å². The largest absolute Gasteiger partial charge is 0.388 e. The molecule has 1 aromatic carbocycles. The smallest absolute Gasteiger partial charge is 0.274 e. The van der Waals surface area contributed by atoms with E-state index in [0.29, 0.717) is 10.9 Å². The Balaban J connectivity index is 1.72. The highest BCUT2D eigenvalue weighted by atomic mass is 16.1. The van der Waals surface area contributed by atoms with Gasteiger partial charge in [-0.3, -0.25) is 4.79 Å². The molecule has 0 amide bonds. The van der Waals surface area contributed by atoms with Gasteiger partial charge in [-0.2, -0.15) is 0 Å². The topological polar surface area (TPSA) is 53.1 Å². The number of nitrogens with one attached hydrogen (secondary N) is 2. The number of H-pyrrole nitrogens is 1. The van der Waals surface area contributed by atoms with Crippen LogP contribution in [0.25, 0.3) is 22.0 Å². The normalized spacial score (nSPS) is 18.0. The molecule has 1 aliphatic carbocycles. The SMILES string of the molecule is CNc1ccc(N2CCC3(CC3)C2)c(-c2cn(C)c(=O)c3[nH]ccc23)c1. The van der Waals surface area contributed by atoms with Gasteiger partial charge >= 0.3 is 0 Å². The third-order valence-corrected chi connectivity index (χ3v) is 6.21. The Kier molecular flexibility index (Phi) is 3.23. The molecule has 134 valence electrons. The first-order valence-corrected chi connectivity index (χ1v) is 9.34. The second kappa shape index (κ2) is 5.40. The van der Waals surface area contributed by atoms with Crippen LogP contribution >= 0.6 is 0 Å². The van der Waals surface area contributed by atoms with Crippen molar-refractivity contribution in [2.24, 2.45) is 12.5 Å². The van der Waals surface area contributed by atoms with Crippen LogP contribution in [-0.2, 0) is 7.05 Å². The number of benzene rings is 1. The van der Waals surface area contributed by atoms with Gasteiger partial charge in [0.15, 0.2) is 0 Å². The summed E-state index contributed by atoms with van der Waals surface area (Å²) in [5.74, 6) is 0. The molecule has 2 fully saturated rings. The molecule has 5 rings (SSSR count). The maximum atomic E-state index is 12.4. The summed E-state index contributed by atoms with van der Waals surface area (Å²) in [6, 6.07) is 8.59. The zero-order valence-electron chi connectivity index (χ0n) is 15.3. The average molecular weight is 348 g/mol. The van der Waals surface area contributed by atoms with Crippen molar-refractivity contribution in [1.82, 2.24) is 9.55 Å². The Morgan fingerprint density at radius 2 is 2.00 bits per heavy atom. The van der Waals surface area contributed by atoms with E-state index in [1.165, 1.54) is 30.5 Å². The highest BCUT2D eigenvalue weighted by molar-refractivity contribution is 5.98. The summed E-state index contributed by atoms with van der Waals surface area (Å²) in [5, 5.41) is 4.25. The first-order chi connectivity index (χ1) is 12.6. The summed E-state index contributed by atoms with van der Waals surface area (Å²) in [6.07, 6.45) is 7.86. The zero-order valence-corrected chi connectivity index (χ0v) is 15.3. The van der Waals surface area contributed by atoms with Gasteiger partial charge in [-0.05, 0) is 48.9 Å². The third kappa shape index (κ3) is 2.26. The molecule has 0 bridgehead atoms. The van der Waals surface area contributed by atoms with Crippen molar-refractivity contribution in [2.45, 2.75) is 19.3 Å². The van der Waals surface area contributed by atoms with Crippen LogP contribution in [0.2, 0.25) is 0 Å². The summed E-state index contributed by atoms with van der Waals surface area (Å²) in [4.78, 5) is 18.1. The van der Waals surface area contributed by atoms with Gasteiger partial charge in [0, 0.05) is 67.5 Å². The molecular weight excluding hydrogens is 324 g/mol. The van der Waals surface area contributed by atoms with E-state index in [1.807, 2.05) is 32.6 Å². The zero-order chi connectivity index (χ0) is 17.9. The van der Waals surface area contributed by atoms with Gasteiger partial charge in [-0.25, -0.2) is 0 Å². The number of pyridine rings is 1. The number of anilines is 2. The van der Waals surface area contributed by atoms with Gasteiger partial charge in [-0.1, -0.05) is 0 Å². The minimum atomic E-state index is 0.0122. The van der Waals surface area contributed by atoms with Crippen molar-refractivity contribution in [3.8, 4) is 11.1 Å². The Bertz CT molecular complexity index is 1060. The molecule has 5 heteroatoms. The third-order valence-electron chi connectivity index (χ3n) is 6.21.